The maximum atomic E-state index is 12.5. The van der Waals surface area contributed by atoms with E-state index < -0.39 is 0 Å². The Morgan fingerprint density at radius 2 is 2.10 bits per heavy atom. The zero-order chi connectivity index (χ0) is 15.0. The van der Waals surface area contributed by atoms with Crippen molar-refractivity contribution in [3.8, 4) is 0 Å². The van der Waals surface area contributed by atoms with E-state index in [0.717, 1.165) is 30.0 Å². The molecule has 1 unspecified atom stereocenters. The summed E-state index contributed by atoms with van der Waals surface area (Å²) in [6.45, 7) is 6.17. The number of amides is 1. The predicted molar refractivity (Wildman–Crippen MR) is 84.9 cm³/mol. The maximum absolute atomic E-state index is 12.5. The van der Waals surface area contributed by atoms with Crippen LogP contribution >= 0.6 is 11.6 Å². The van der Waals surface area contributed by atoms with Gasteiger partial charge < -0.3 is 10.2 Å². The molecule has 0 fully saturated rings. The molecule has 0 bridgehead atoms. The number of unbranched alkanes of at least 4 members (excludes halogenated alkanes) is 1. The molecule has 0 spiro atoms. The Morgan fingerprint density at radius 3 is 2.70 bits per heavy atom. The third kappa shape index (κ3) is 5.14. The van der Waals surface area contributed by atoms with Gasteiger partial charge in [-0.3, -0.25) is 4.79 Å². The van der Waals surface area contributed by atoms with Crippen LogP contribution in [0.5, 0.6) is 0 Å². The minimum atomic E-state index is -0.0145. The molecule has 0 radical (unpaired) electrons. The van der Waals surface area contributed by atoms with Crippen LogP contribution in [0.15, 0.2) is 24.3 Å². The molecule has 0 aliphatic heterocycles. The molecule has 0 saturated carbocycles. The summed E-state index contributed by atoms with van der Waals surface area (Å²) >= 11 is 6.20. The van der Waals surface area contributed by atoms with Crippen molar-refractivity contribution in [3.63, 3.8) is 0 Å². The van der Waals surface area contributed by atoms with E-state index in [-0.39, 0.29) is 11.8 Å². The van der Waals surface area contributed by atoms with Crippen molar-refractivity contribution < 1.29 is 4.79 Å². The highest BCUT2D eigenvalue weighted by Crippen LogP contribution is 2.18. The highest BCUT2D eigenvalue weighted by Gasteiger charge is 2.20. The lowest BCUT2D eigenvalue weighted by Gasteiger charge is -2.26. The van der Waals surface area contributed by atoms with Gasteiger partial charge in [0.25, 0.3) is 0 Å². The van der Waals surface area contributed by atoms with Crippen molar-refractivity contribution in [2.45, 2.75) is 33.2 Å². The van der Waals surface area contributed by atoms with Crippen molar-refractivity contribution in [3.05, 3.63) is 34.9 Å². The van der Waals surface area contributed by atoms with Crippen molar-refractivity contribution in [2.24, 2.45) is 5.92 Å². The van der Waals surface area contributed by atoms with E-state index in [1.54, 1.807) is 0 Å². The first-order chi connectivity index (χ1) is 9.60. The van der Waals surface area contributed by atoms with Gasteiger partial charge in [0.05, 0.1) is 0 Å². The molecule has 1 atom stereocenters. The Balaban J connectivity index is 2.78. The SMILES string of the molecule is CCCCN(Cc1ccccc1Cl)C(=O)C(C)CNC. The summed E-state index contributed by atoms with van der Waals surface area (Å²) in [5.41, 5.74) is 1.01. The summed E-state index contributed by atoms with van der Waals surface area (Å²) in [5, 5.41) is 3.79. The van der Waals surface area contributed by atoms with Crippen LogP contribution in [0.25, 0.3) is 0 Å². The molecule has 0 aliphatic rings. The summed E-state index contributed by atoms with van der Waals surface area (Å²) in [7, 11) is 1.87. The number of nitrogens with zero attached hydrogens (tertiary/aromatic N) is 1. The summed E-state index contributed by atoms with van der Waals surface area (Å²) in [6, 6.07) is 7.72. The number of benzene rings is 1. The minimum Gasteiger partial charge on any atom is -0.338 e. The average Bonchev–Trinajstić information content (AvgIpc) is 2.45. The zero-order valence-electron chi connectivity index (χ0n) is 12.7. The fourth-order valence-electron chi connectivity index (χ4n) is 2.15. The summed E-state index contributed by atoms with van der Waals surface area (Å²) in [6.07, 6.45) is 2.09. The van der Waals surface area contributed by atoms with Crippen molar-refractivity contribution in [2.75, 3.05) is 20.1 Å². The second kappa shape index (κ2) is 8.98. The number of rotatable bonds is 8. The van der Waals surface area contributed by atoms with Crippen LogP contribution in [-0.4, -0.2) is 30.9 Å². The van der Waals surface area contributed by atoms with Crippen LogP contribution in [0.3, 0.4) is 0 Å². The quantitative estimate of drug-likeness (QED) is 0.798. The number of halogens is 1. The first-order valence-electron chi connectivity index (χ1n) is 7.27. The molecule has 20 heavy (non-hydrogen) atoms. The van der Waals surface area contributed by atoms with Gasteiger partial charge in [-0.2, -0.15) is 0 Å². The van der Waals surface area contributed by atoms with Gasteiger partial charge >= 0.3 is 0 Å². The van der Waals surface area contributed by atoms with Crippen molar-refractivity contribution >= 4 is 17.5 Å². The van der Waals surface area contributed by atoms with Gasteiger partial charge in [-0.15, -0.1) is 0 Å². The molecule has 1 aromatic rings. The molecule has 1 rings (SSSR count). The molecule has 3 nitrogen and oxygen atoms in total. The van der Waals surface area contributed by atoms with E-state index in [4.69, 9.17) is 11.6 Å². The predicted octanol–water partition coefficient (Wildman–Crippen LogP) is 3.32. The summed E-state index contributed by atoms with van der Waals surface area (Å²) < 4.78 is 0. The number of hydrogen-bond donors (Lipinski definition) is 1. The summed E-state index contributed by atoms with van der Waals surface area (Å²) in [5.74, 6) is 0.173. The smallest absolute Gasteiger partial charge is 0.226 e. The lowest BCUT2D eigenvalue weighted by molar-refractivity contribution is -0.135. The lowest BCUT2D eigenvalue weighted by atomic mass is 10.1. The molecule has 0 saturated heterocycles. The minimum absolute atomic E-state index is 0.0145. The van der Waals surface area contributed by atoms with Gasteiger partial charge in [0.15, 0.2) is 0 Å². The third-order valence-electron chi connectivity index (χ3n) is 3.34. The van der Waals surface area contributed by atoms with Crippen LogP contribution in [-0.2, 0) is 11.3 Å². The van der Waals surface area contributed by atoms with Crippen molar-refractivity contribution in [1.29, 1.82) is 0 Å². The molecule has 4 heteroatoms. The topological polar surface area (TPSA) is 32.3 Å². The maximum Gasteiger partial charge on any atom is 0.226 e. The number of carbonyl (C=O) groups excluding carboxylic acids is 1. The highest BCUT2D eigenvalue weighted by atomic mass is 35.5. The zero-order valence-corrected chi connectivity index (χ0v) is 13.4. The molecule has 112 valence electrons. The fraction of sp³-hybridized carbons (Fsp3) is 0.562. The molecular weight excluding hydrogens is 272 g/mol. The van der Waals surface area contributed by atoms with Gasteiger partial charge in [-0.1, -0.05) is 50.1 Å². The number of hydrogen-bond acceptors (Lipinski definition) is 2. The molecule has 0 heterocycles. The second-order valence-electron chi connectivity index (χ2n) is 5.16. The first kappa shape index (κ1) is 17.0. The van der Waals surface area contributed by atoms with E-state index in [9.17, 15) is 4.79 Å². The first-order valence-corrected chi connectivity index (χ1v) is 7.64. The van der Waals surface area contributed by atoms with E-state index in [1.807, 2.05) is 43.1 Å². The van der Waals surface area contributed by atoms with Gasteiger partial charge in [-0.05, 0) is 25.1 Å². The molecule has 0 aromatic heterocycles. The van der Waals surface area contributed by atoms with E-state index in [0.29, 0.717) is 13.1 Å². The lowest BCUT2D eigenvalue weighted by Crippen LogP contribution is -2.38. The van der Waals surface area contributed by atoms with Crippen LogP contribution in [0, 0.1) is 5.92 Å². The monoisotopic (exact) mass is 296 g/mol. The summed E-state index contributed by atoms with van der Waals surface area (Å²) in [4.78, 5) is 14.4. The Labute approximate surface area is 127 Å². The average molecular weight is 297 g/mol. The van der Waals surface area contributed by atoms with E-state index in [1.165, 1.54) is 0 Å². The van der Waals surface area contributed by atoms with E-state index in [2.05, 4.69) is 12.2 Å². The molecular formula is C16H25ClN2O. The molecule has 0 aliphatic carbocycles. The highest BCUT2D eigenvalue weighted by molar-refractivity contribution is 6.31. The van der Waals surface area contributed by atoms with Crippen LogP contribution in [0.4, 0.5) is 0 Å². The Morgan fingerprint density at radius 1 is 1.40 bits per heavy atom. The standard InChI is InChI=1S/C16H25ClN2O/c1-4-5-10-19(16(20)13(2)11-18-3)12-14-8-6-7-9-15(14)17/h6-9,13,18H,4-5,10-12H2,1-3H3. The number of nitrogens with one attached hydrogen (secondary N) is 1. The van der Waals surface area contributed by atoms with E-state index >= 15 is 0 Å². The molecule has 1 N–H and O–H groups in total. The van der Waals surface area contributed by atoms with Crippen LogP contribution < -0.4 is 5.32 Å². The second-order valence-corrected chi connectivity index (χ2v) is 5.57. The molecule has 1 aromatic carbocycles. The normalized spacial score (nSPS) is 12.2. The van der Waals surface area contributed by atoms with Gasteiger partial charge in [0.2, 0.25) is 5.91 Å². The Kier molecular flexibility index (Phi) is 7.63. The third-order valence-corrected chi connectivity index (χ3v) is 3.71. The number of carbonyl (C=O) groups is 1. The van der Waals surface area contributed by atoms with Gasteiger partial charge in [0, 0.05) is 30.6 Å². The van der Waals surface area contributed by atoms with Gasteiger partial charge in [0.1, 0.15) is 0 Å². The largest absolute Gasteiger partial charge is 0.338 e. The Bertz CT molecular complexity index is 423. The van der Waals surface area contributed by atoms with Crippen LogP contribution in [0.1, 0.15) is 32.3 Å². The van der Waals surface area contributed by atoms with Crippen molar-refractivity contribution in [1.82, 2.24) is 10.2 Å². The van der Waals surface area contributed by atoms with Crippen LogP contribution in [0.2, 0.25) is 5.02 Å². The molecule has 1 amide bonds. The van der Waals surface area contributed by atoms with Gasteiger partial charge in [-0.25, -0.2) is 0 Å². The Hall–Kier alpha value is -1.06. The fourth-order valence-corrected chi connectivity index (χ4v) is 2.35.